The molecule has 294 valence electrons. The first-order valence-electron chi connectivity index (χ1n) is 19.4. The Morgan fingerprint density at radius 3 is 2.22 bits per heavy atom. The van der Waals surface area contributed by atoms with Gasteiger partial charge in [0.2, 0.25) is 11.8 Å². The van der Waals surface area contributed by atoms with Crippen molar-refractivity contribution >= 4 is 29.5 Å². The fourth-order valence-corrected chi connectivity index (χ4v) is 7.01. The van der Waals surface area contributed by atoms with Gasteiger partial charge in [-0.05, 0) is 48.8 Å². The Hall–Kier alpha value is -4.71. The zero-order valence-corrected chi connectivity index (χ0v) is 32.7. The number of anilines is 1. The summed E-state index contributed by atoms with van der Waals surface area (Å²) in [6.45, 7) is 4.30. The summed E-state index contributed by atoms with van der Waals surface area (Å²) in [6, 6.07) is 17.0. The summed E-state index contributed by atoms with van der Waals surface area (Å²) >= 11 is 0. The second-order valence-corrected chi connectivity index (χ2v) is 15.2. The Morgan fingerprint density at radius 2 is 1.59 bits per heavy atom. The third-order valence-electron chi connectivity index (χ3n) is 10.5. The molecule has 0 unspecified atom stereocenters. The van der Waals surface area contributed by atoms with Gasteiger partial charge < -0.3 is 34.8 Å². The Morgan fingerprint density at radius 1 is 0.926 bits per heavy atom. The number of aromatic amines is 1. The van der Waals surface area contributed by atoms with Gasteiger partial charge >= 0.3 is 6.09 Å². The van der Waals surface area contributed by atoms with Gasteiger partial charge in [0.05, 0.1) is 18.5 Å². The lowest BCUT2D eigenvalue weighted by Crippen LogP contribution is -2.56. The Labute approximate surface area is 320 Å². The van der Waals surface area contributed by atoms with Gasteiger partial charge in [0.15, 0.2) is 6.10 Å². The van der Waals surface area contributed by atoms with Crippen molar-refractivity contribution in [3.05, 3.63) is 84.4 Å². The number of carbonyl (C=O) groups excluding carboxylic acids is 4. The lowest BCUT2D eigenvalue weighted by molar-refractivity contribution is -0.146. The minimum Gasteiger partial charge on any atom is -0.436 e. The van der Waals surface area contributed by atoms with E-state index >= 15 is 0 Å². The van der Waals surface area contributed by atoms with Crippen LogP contribution in [-0.2, 0) is 32.0 Å². The highest BCUT2D eigenvalue weighted by molar-refractivity contribution is 5.93. The molecule has 1 aromatic heterocycles. The summed E-state index contributed by atoms with van der Waals surface area (Å²) in [6.07, 6.45) is 8.33. The van der Waals surface area contributed by atoms with Crippen molar-refractivity contribution in [3.8, 4) is 0 Å². The average molecular weight is 745 g/mol. The quantitative estimate of drug-likeness (QED) is 0.141. The molecule has 4 amide bonds. The highest BCUT2D eigenvalue weighted by Crippen LogP contribution is 2.29. The van der Waals surface area contributed by atoms with E-state index < -0.39 is 42.2 Å². The van der Waals surface area contributed by atoms with Crippen LogP contribution in [0.2, 0.25) is 0 Å². The number of aromatic nitrogens is 2. The number of carbonyl (C=O) groups is 4. The van der Waals surface area contributed by atoms with Crippen LogP contribution in [0.4, 0.5) is 10.5 Å². The third kappa shape index (κ3) is 13.0. The highest BCUT2D eigenvalue weighted by Gasteiger charge is 2.36. The Kier molecular flexibility index (Phi) is 16.5. The fraction of sp³-hybridized carbons (Fsp3) is 0.548. The highest BCUT2D eigenvalue weighted by atomic mass is 16.6. The molecule has 12 heteroatoms. The Bertz CT molecular complexity index is 1580. The topological polar surface area (TPSA) is 148 Å². The van der Waals surface area contributed by atoms with Gasteiger partial charge in [0.25, 0.3) is 5.91 Å². The number of para-hydroxylation sites is 1. The van der Waals surface area contributed by atoms with Crippen molar-refractivity contribution < 1.29 is 29.0 Å². The van der Waals surface area contributed by atoms with Crippen LogP contribution in [0.1, 0.15) is 82.9 Å². The number of nitrogens with one attached hydrogen (secondary N) is 2. The predicted molar refractivity (Wildman–Crippen MR) is 210 cm³/mol. The van der Waals surface area contributed by atoms with Gasteiger partial charge in [-0.3, -0.25) is 14.4 Å². The van der Waals surface area contributed by atoms with Crippen LogP contribution in [0.25, 0.3) is 0 Å². The van der Waals surface area contributed by atoms with E-state index in [0.717, 1.165) is 43.4 Å². The molecule has 1 aliphatic carbocycles. The molecular formula is C42H60N6O6. The summed E-state index contributed by atoms with van der Waals surface area (Å²) in [4.78, 5) is 66.5. The van der Waals surface area contributed by atoms with Crippen molar-refractivity contribution in [2.75, 3.05) is 32.6 Å². The van der Waals surface area contributed by atoms with Crippen LogP contribution >= 0.6 is 0 Å². The normalized spacial score (nSPS) is 15.5. The van der Waals surface area contributed by atoms with E-state index in [4.69, 9.17) is 4.74 Å². The number of likely N-dealkylation sites (N-methyl/N-ethyl adjacent to an activating group) is 1. The van der Waals surface area contributed by atoms with E-state index in [-0.39, 0.29) is 31.7 Å². The molecule has 0 bridgehead atoms. The average Bonchev–Trinajstić information content (AvgIpc) is 3.71. The number of hydrogen-bond donors (Lipinski definition) is 3. The molecule has 1 fully saturated rings. The maximum atomic E-state index is 14.4. The second-order valence-electron chi connectivity index (χ2n) is 15.2. The van der Waals surface area contributed by atoms with Gasteiger partial charge in [0, 0.05) is 64.5 Å². The molecule has 1 aliphatic rings. The number of amides is 4. The zero-order valence-electron chi connectivity index (χ0n) is 32.7. The number of ether oxygens (including phenoxy) is 1. The summed E-state index contributed by atoms with van der Waals surface area (Å²) in [7, 11) is 4.75. The van der Waals surface area contributed by atoms with E-state index in [0.29, 0.717) is 30.4 Å². The van der Waals surface area contributed by atoms with Crippen molar-refractivity contribution in [1.29, 1.82) is 0 Å². The molecule has 4 atom stereocenters. The minimum atomic E-state index is -1.26. The summed E-state index contributed by atoms with van der Waals surface area (Å²) < 4.78 is 5.89. The fourth-order valence-electron chi connectivity index (χ4n) is 7.01. The Balaban J connectivity index is 1.52. The van der Waals surface area contributed by atoms with Crippen LogP contribution in [0.15, 0.2) is 73.2 Å². The van der Waals surface area contributed by atoms with E-state index in [9.17, 15) is 24.3 Å². The molecule has 0 radical (unpaired) electrons. The first-order chi connectivity index (χ1) is 25.9. The number of nitrogens with zero attached hydrogens (tertiary/aromatic N) is 4. The summed E-state index contributed by atoms with van der Waals surface area (Å²) in [5.41, 5.74) is 2.17. The van der Waals surface area contributed by atoms with Crippen molar-refractivity contribution in [1.82, 2.24) is 25.1 Å². The molecule has 54 heavy (non-hydrogen) atoms. The molecule has 1 saturated carbocycles. The van der Waals surface area contributed by atoms with Crippen LogP contribution in [0.3, 0.4) is 0 Å². The SMILES string of the molecule is CC(C)CC[C@H](O)[C@H](CC1CCCCC1)NC(=O)[C@H](Cc1cnc[nH]1)N(C)C(=O)[C@H](Cc1ccccc1)OC(=O)N(C)CCC(=O)N(C)c1ccccc1. The van der Waals surface area contributed by atoms with E-state index in [2.05, 4.69) is 29.1 Å². The molecular weight excluding hydrogens is 684 g/mol. The number of benzene rings is 2. The van der Waals surface area contributed by atoms with Crippen LogP contribution in [0.5, 0.6) is 0 Å². The maximum absolute atomic E-state index is 14.4. The van der Waals surface area contributed by atoms with Gasteiger partial charge in [-0.2, -0.15) is 0 Å². The van der Waals surface area contributed by atoms with E-state index in [1.54, 1.807) is 20.3 Å². The minimum absolute atomic E-state index is 0.0473. The summed E-state index contributed by atoms with van der Waals surface area (Å²) in [5.74, 6) is -0.315. The van der Waals surface area contributed by atoms with E-state index in [1.165, 1.54) is 34.5 Å². The third-order valence-corrected chi connectivity index (χ3v) is 10.5. The largest absolute Gasteiger partial charge is 0.436 e. The number of aliphatic hydroxyl groups excluding tert-OH is 1. The smallest absolute Gasteiger partial charge is 0.410 e. The van der Waals surface area contributed by atoms with Gasteiger partial charge in [-0.1, -0.05) is 94.5 Å². The number of aliphatic hydroxyl groups is 1. The standard InChI is InChI=1S/C42H60N6O6/c1-30(2)21-22-37(49)35(25-31-15-9-6-10-16-31)45-40(51)36(27-33-28-43-29-44-33)48(5)41(52)38(26-32-17-11-7-12-18-32)54-42(53)46(3)24-23-39(50)47(4)34-19-13-8-14-20-34/h7-8,11-14,17-20,28-31,35-38,49H,6,9-10,15-16,21-27H2,1-5H3,(H,43,44)(H,45,51)/t35-,36-,37-,38-/m0/s1. The molecule has 12 nitrogen and oxygen atoms in total. The number of imidazole rings is 1. The number of hydrogen-bond acceptors (Lipinski definition) is 7. The first kappa shape index (κ1) is 42.0. The van der Waals surface area contributed by atoms with Crippen molar-refractivity contribution in [2.45, 2.75) is 109 Å². The lowest BCUT2D eigenvalue weighted by atomic mass is 9.83. The van der Waals surface area contributed by atoms with Crippen LogP contribution < -0.4 is 10.2 Å². The number of H-pyrrole nitrogens is 1. The zero-order chi connectivity index (χ0) is 39.0. The molecule has 3 aromatic rings. The molecule has 4 rings (SSSR count). The molecule has 2 aromatic carbocycles. The van der Waals surface area contributed by atoms with Gasteiger partial charge in [-0.25, -0.2) is 9.78 Å². The van der Waals surface area contributed by atoms with Crippen molar-refractivity contribution in [2.24, 2.45) is 11.8 Å². The maximum Gasteiger partial charge on any atom is 0.410 e. The van der Waals surface area contributed by atoms with E-state index in [1.807, 2.05) is 60.7 Å². The van der Waals surface area contributed by atoms with Crippen LogP contribution in [-0.4, -0.2) is 101 Å². The molecule has 1 heterocycles. The predicted octanol–water partition coefficient (Wildman–Crippen LogP) is 5.76. The first-order valence-corrected chi connectivity index (χ1v) is 19.4. The number of rotatable bonds is 19. The molecule has 0 spiro atoms. The van der Waals surface area contributed by atoms with Crippen LogP contribution in [0, 0.1) is 11.8 Å². The second kappa shape index (κ2) is 21.2. The summed E-state index contributed by atoms with van der Waals surface area (Å²) in [5, 5.41) is 14.6. The van der Waals surface area contributed by atoms with Crippen molar-refractivity contribution in [3.63, 3.8) is 0 Å². The molecule has 0 aliphatic heterocycles. The molecule has 3 N–H and O–H groups in total. The lowest BCUT2D eigenvalue weighted by Gasteiger charge is -2.34. The van der Waals surface area contributed by atoms with Gasteiger partial charge in [0.1, 0.15) is 6.04 Å². The monoisotopic (exact) mass is 744 g/mol. The van der Waals surface area contributed by atoms with Gasteiger partial charge in [-0.15, -0.1) is 0 Å². The molecule has 0 saturated heterocycles.